The fraction of sp³-hybridized carbons (Fsp3) is 0.200. The number of furan rings is 1. The highest BCUT2D eigenvalue weighted by Gasteiger charge is 2.04. The van der Waals surface area contributed by atoms with Gasteiger partial charge >= 0.3 is 0 Å². The minimum absolute atomic E-state index is 0.860. The molecule has 0 fully saturated rings. The molecule has 0 atom stereocenters. The number of hydrogen-bond donors (Lipinski definition) is 0. The van der Waals surface area contributed by atoms with Crippen LogP contribution in [0, 0.1) is 0 Å². The van der Waals surface area contributed by atoms with Crippen LogP contribution in [0.3, 0.4) is 0 Å². The first-order valence-electron chi connectivity index (χ1n) is 5.45. The van der Waals surface area contributed by atoms with Gasteiger partial charge in [0.15, 0.2) is 0 Å². The highest BCUT2D eigenvalue weighted by molar-refractivity contribution is 5.63. The highest BCUT2D eigenvalue weighted by atomic mass is 16.3. The van der Waals surface area contributed by atoms with Gasteiger partial charge in [-0.15, -0.1) is 0 Å². The zero-order chi connectivity index (χ0) is 12.0. The van der Waals surface area contributed by atoms with Gasteiger partial charge in [0.2, 0.25) is 0 Å². The number of allylic oxidation sites excluding steroid dienone is 3. The largest absolute Gasteiger partial charge is 0.456 e. The summed E-state index contributed by atoms with van der Waals surface area (Å²) in [6.45, 7) is 9.69. The Morgan fingerprint density at radius 3 is 2.25 bits per heavy atom. The average molecular weight is 214 g/mol. The van der Waals surface area contributed by atoms with Crippen molar-refractivity contribution in [2.45, 2.75) is 20.8 Å². The molecule has 0 saturated heterocycles. The van der Waals surface area contributed by atoms with Crippen molar-refractivity contribution in [1.82, 2.24) is 0 Å². The fourth-order valence-corrected chi connectivity index (χ4v) is 1.64. The van der Waals surface area contributed by atoms with Crippen molar-refractivity contribution >= 4 is 24.3 Å². The Hall–Kier alpha value is -1.76. The van der Waals surface area contributed by atoms with Gasteiger partial charge < -0.3 is 4.42 Å². The molecule has 0 aromatic carbocycles. The molecule has 1 rings (SSSR count). The molecule has 0 N–H and O–H groups in total. The number of rotatable bonds is 3. The van der Waals surface area contributed by atoms with Gasteiger partial charge in [-0.3, -0.25) is 0 Å². The van der Waals surface area contributed by atoms with Crippen LogP contribution < -0.4 is 10.6 Å². The summed E-state index contributed by atoms with van der Waals surface area (Å²) in [5, 5.41) is 1.12. The first-order chi connectivity index (χ1) is 7.78. The summed E-state index contributed by atoms with van der Waals surface area (Å²) < 4.78 is 5.77. The Bertz CT molecular complexity index is 525. The monoisotopic (exact) mass is 214 g/mol. The predicted molar refractivity (Wildman–Crippen MR) is 72.2 cm³/mol. The highest BCUT2D eigenvalue weighted by Crippen LogP contribution is 2.07. The summed E-state index contributed by atoms with van der Waals surface area (Å²) >= 11 is 0. The van der Waals surface area contributed by atoms with Gasteiger partial charge in [-0.2, -0.15) is 0 Å². The van der Waals surface area contributed by atoms with Crippen molar-refractivity contribution in [2.75, 3.05) is 0 Å². The third-order valence-corrected chi connectivity index (χ3v) is 2.25. The van der Waals surface area contributed by atoms with Gasteiger partial charge in [0.1, 0.15) is 11.2 Å². The van der Waals surface area contributed by atoms with Gasteiger partial charge in [0.25, 0.3) is 0 Å². The quantitative estimate of drug-likeness (QED) is 0.753. The molecular weight excluding hydrogens is 196 g/mol. The average Bonchev–Trinajstić information content (AvgIpc) is 2.58. The molecule has 1 aromatic rings. The minimum atomic E-state index is 0.860. The van der Waals surface area contributed by atoms with Gasteiger partial charge in [0.05, 0.1) is 0 Å². The summed E-state index contributed by atoms with van der Waals surface area (Å²) in [7, 11) is 0. The molecule has 1 heteroatoms. The third-order valence-electron chi connectivity index (χ3n) is 2.25. The molecule has 0 bridgehead atoms. The second kappa shape index (κ2) is 5.96. The second-order valence-electron chi connectivity index (χ2n) is 3.35. The molecule has 0 aliphatic heterocycles. The van der Waals surface area contributed by atoms with E-state index in [0.29, 0.717) is 0 Å². The molecule has 0 amide bonds. The smallest absolute Gasteiger partial charge is 0.135 e. The van der Waals surface area contributed by atoms with Crippen molar-refractivity contribution in [3.8, 4) is 0 Å². The Balaban J connectivity index is 3.66. The van der Waals surface area contributed by atoms with Crippen LogP contribution in [0.15, 0.2) is 29.2 Å². The van der Waals surface area contributed by atoms with Gasteiger partial charge in [0, 0.05) is 10.8 Å². The molecule has 0 aliphatic rings. The lowest BCUT2D eigenvalue weighted by Crippen LogP contribution is -2.20. The van der Waals surface area contributed by atoms with E-state index in [1.807, 2.05) is 45.1 Å². The van der Waals surface area contributed by atoms with E-state index in [9.17, 15) is 0 Å². The lowest BCUT2D eigenvalue weighted by atomic mass is 10.1. The van der Waals surface area contributed by atoms with Crippen LogP contribution in [-0.2, 0) is 0 Å². The molecular formula is C15H18O. The standard InChI is InChI=1S/C15H18O/c1-5-9-13-12(8-4)14(10-6-2)16-15(13)11-7-3/h5-11H,2H2,1,3-4H3/b9-5-,11-7-,12-8-,14-10+. The van der Waals surface area contributed by atoms with E-state index < -0.39 is 0 Å². The first-order valence-corrected chi connectivity index (χ1v) is 5.45. The fourth-order valence-electron chi connectivity index (χ4n) is 1.64. The van der Waals surface area contributed by atoms with E-state index in [4.69, 9.17) is 4.42 Å². The third kappa shape index (κ3) is 2.43. The van der Waals surface area contributed by atoms with Crippen molar-refractivity contribution in [3.63, 3.8) is 0 Å². The Kier molecular flexibility index (Phi) is 4.59. The topological polar surface area (TPSA) is 13.1 Å². The number of hydrogen-bond acceptors (Lipinski definition) is 1. The van der Waals surface area contributed by atoms with Crippen LogP contribution in [0.2, 0.25) is 0 Å². The van der Waals surface area contributed by atoms with E-state index >= 15 is 0 Å². The van der Waals surface area contributed by atoms with E-state index in [-0.39, 0.29) is 0 Å². The summed E-state index contributed by atoms with van der Waals surface area (Å²) in [6.07, 6.45) is 13.7. The van der Waals surface area contributed by atoms with Crippen LogP contribution >= 0.6 is 0 Å². The summed E-state index contributed by atoms with van der Waals surface area (Å²) in [6, 6.07) is 0. The zero-order valence-electron chi connectivity index (χ0n) is 10.2. The maximum atomic E-state index is 5.77. The molecule has 1 heterocycles. The molecule has 84 valence electrons. The van der Waals surface area contributed by atoms with Gasteiger partial charge in [-0.05, 0) is 32.9 Å². The van der Waals surface area contributed by atoms with Crippen LogP contribution in [0.4, 0.5) is 0 Å². The van der Waals surface area contributed by atoms with Crippen LogP contribution in [-0.4, -0.2) is 0 Å². The normalized spacial score (nSPS) is 14.4. The van der Waals surface area contributed by atoms with Crippen LogP contribution in [0.5, 0.6) is 0 Å². The minimum Gasteiger partial charge on any atom is -0.456 e. The van der Waals surface area contributed by atoms with Crippen molar-refractivity contribution in [2.24, 2.45) is 0 Å². The van der Waals surface area contributed by atoms with Gasteiger partial charge in [-0.1, -0.05) is 37.0 Å². The van der Waals surface area contributed by atoms with Crippen molar-refractivity contribution in [1.29, 1.82) is 0 Å². The molecule has 16 heavy (non-hydrogen) atoms. The lowest BCUT2D eigenvalue weighted by molar-refractivity contribution is 0.521. The molecule has 0 saturated carbocycles. The Labute approximate surface area is 96.8 Å². The maximum Gasteiger partial charge on any atom is 0.135 e. The van der Waals surface area contributed by atoms with Gasteiger partial charge in [-0.25, -0.2) is 0 Å². The summed E-state index contributed by atoms with van der Waals surface area (Å²) in [5.41, 5.74) is 1.98. The maximum absolute atomic E-state index is 5.77. The van der Waals surface area contributed by atoms with E-state index in [1.165, 1.54) is 0 Å². The van der Waals surface area contributed by atoms with Crippen molar-refractivity contribution in [3.05, 3.63) is 46.8 Å². The summed E-state index contributed by atoms with van der Waals surface area (Å²) in [4.78, 5) is 0. The van der Waals surface area contributed by atoms with E-state index in [0.717, 1.165) is 22.0 Å². The molecule has 0 aliphatic carbocycles. The van der Waals surface area contributed by atoms with E-state index in [2.05, 4.69) is 18.7 Å². The van der Waals surface area contributed by atoms with E-state index in [1.54, 1.807) is 6.08 Å². The Morgan fingerprint density at radius 2 is 1.75 bits per heavy atom. The molecule has 0 unspecified atom stereocenters. The first kappa shape index (κ1) is 12.3. The Morgan fingerprint density at radius 1 is 1.06 bits per heavy atom. The molecule has 1 aromatic heterocycles. The molecule has 0 radical (unpaired) electrons. The van der Waals surface area contributed by atoms with Crippen molar-refractivity contribution < 1.29 is 4.42 Å². The second-order valence-corrected chi connectivity index (χ2v) is 3.35. The zero-order valence-corrected chi connectivity index (χ0v) is 10.2. The predicted octanol–water partition coefficient (Wildman–Crippen LogP) is 3.11. The van der Waals surface area contributed by atoms with Crippen LogP contribution in [0.25, 0.3) is 24.3 Å². The summed E-state index contributed by atoms with van der Waals surface area (Å²) in [5.74, 6) is 0.891. The molecule has 0 spiro atoms. The molecule has 1 nitrogen and oxygen atoms in total. The van der Waals surface area contributed by atoms with Crippen LogP contribution in [0.1, 0.15) is 32.1 Å². The lowest BCUT2D eigenvalue weighted by Gasteiger charge is -1.88. The SMILES string of the molecule is C=C/C=c1/oc(/C=C\C)c(/C=C\C)/c1=C/C.